The minimum Gasteiger partial charge on any atom is -0.458 e. The van der Waals surface area contributed by atoms with E-state index in [-0.39, 0.29) is 30.1 Å². The van der Waals surface area contributed by atoms with Crippen molar-refractivity contribution in [1.82, 2.24) is 0 Å². The molecule has 7 atom stereocenters. The second-order valence-corrected chi connectivity index (χ2v) is 8.10. The Morgan fingerprint density at radius 1 is 1.50 bits per heavy atom. The molecule has 1 saturated heterocycles. The van der Waals surface area contributed by atoms with Crippen LogP contribution in [0, 0.1) is 17.8 Å². The molecule has 2 aliphatic carbocycles. The van der Waals surface area contributed by atoms with Crippen LogP contribution in [0.3, 0.4) is 0 Å². The Bertz CT molecular complexity index is 758. The van der Waals surface area contributed by atoms with Crippen molar-refractivity contribution in [1.29, 1.82) is 0 Å². The van der Waals surface area contributed by atoms with E-state index in [1.165, 1.54) is 13.0 Å². The first-order valence-corrected chi connectivity index (χ1v) is 9.71. The lowest BCUT2D eigenvalue weighted by Crippen LogP contribution is -2.49. The Morgan fingerprint density at radius 2 is 2.18 bits per heavy atom. The van der Waals surface area contributed by atoms with Gasteiger partial charge in [0.15, 0.2) is 0 Å². The second kappa shape index (κ2) is 7.63. The number of aliphatic hydroxyl groups is 3. The van der Waals surface area contributed by atoms with Crippen molar-refractivity contribution in [3.63, 3.8) is 0 Å². The van der Waals surface area contributed by atoms with Crippen LogP contribution in [0.25, 0.3) is 0 Å². The van der Waals surface area contributed by atoms with Crippen molar-refractivity contribution in [2.24, 2.45) is 17.8 Å². The van der Waals surface area contributed by atoms with Gasteiger partial charge in [-0.25, -0.2) is 9.59 Å². The minimum atomic E-state index is -1.55. The molecule has 1 heterocycles. The number of hydrogen-bond donors (Lipinski definition) is 3. The SMILES string of the molecule is C=C1C(=O)O[C@@H]2[C@H]3C(C)=C[C@@H](O)[C@H]3[C@@](O)(CCl)C[C@@H](OC(=O)/C(C)=C/CO)[C@@H]12. The summed E-state index contributed by atoms with van der Waals surface area (Å²) in [7, 11) is 0. The Hall–Kier alpha value is -1.67. The van der Waals surface area contributed by atoms with E-state index in [9.17, 15) is 19.8 Å². The third-order valence-electron chi connectivity index (χ3n) is 6.11. The average molecular weight is 413 g/mol. The van der Waals surface area contributed by atoms with E-state index >= 15 is 0 Å². The van der Waals surface area contributed by atoms with Gasteiger partial charge in [-0.1, -0.05) is 18.2 Å². The van der Waals surface area contributed by atoms with Crippen LogP contribution in [0.15, 0.2) is 35.5 Å². The van der Waals surface area contributed by atoms with Crippen molar-refractivity contribution >= 4 is 23.5 Å². The first-order chi connectivity index (χ1) is 13.1. The maximum Gasteiger partial charge on any atom is 0.334 e. The third kappa shape index (κ3) is 3.30. The maximum absolute atomic E-state index is 12.4. The minimum absolute atomic E-state index is 0.0786. The normalized spacial score (nSPS) is 40.4. The molecule has 28 heavy (non-hydrogen) atoms. The van der Waals surface area contributed by atoms with Gasteiger partial charge in [-0.05, 0) is 19.9 Å². The molecule has 0 bridgehead atoms. The van der Waals surface area contributed by atoms with Crippen LogP contribution in [0.5, 0.6) is 0 Å². The summed E-state index contributed by atoms with van der Waals surface area (Å²) in [5.41, 5.74) is -0.402. The molecule has 0 radical (unpaired) electrons. The number of carbonyl (C=O) groups excluding carboxylic acids is 2. The number of ether oxygens (including phenoxy) is 2. The zero-order chi connectivity index (χ0) is 20.8. The van der Waals surface area contributed by atoms with E-state index in [0.29, 0.717) is 0 Å². The summed E-state index contributed by atoms with van der Waals surface area (Å²) in [6.07, 6.45) is 0.251. The van der Waals surface area contributed by atoms with Crippen molar-refractivity contribution in [2.75, 3.05) is 12.5 Å². The molecule has 3 rings (SSSR count). The van der Waals surface area contributed by atoms with E-state index in [0.717, 1.165) is 5.57 Å². The molecule has 1 aliphatic heterocycles. The predicted molar refractivity (Wildman–Crippen MR) is 100 cm³/mol. The summed E-state index contributed by atoms with van der Waals surface area (Å²) in [5, 5.41) is 30.9. The molecule has 0 unspecified atom stereocenters. The third-order valence-corrected chi connectivity index (χ3v) is 6.58. The smallest absolute Gasteiger partial charge is 0.334 e. The van der Waals surface area contributed by atoms with Gasteiger partial charge in [0.05, 0.1) is 30.1 Å². The van der Waals surface area contributed by atoms with Gasteiger partial charge in [-0.3, -0.25) is 0 Å². The Labute approximate surface area is 168 Å². The molecule has 3 aliphatic rings. The first kappa shape index (κ1) is 21.0. The number of halogens is 1. The molecular weight excluding hydrogens is 388 g/mol. The van der Waals surface area contributed by atoms with E-state index < -0.39 is 53.6 Å². The van der Waals surface area contributed by atoms with Gasteiger partial charge in [-0.15, -0.1) is 11.6 Å². The van der Waals surface area contributed by atoms with Crippen LogP contribution >= 0.6 is 11.6 Å². The van der Waals surface area contributed by atoms with Crippen molar-refractivity contribution in [3.8, 4) is 0 Å². The Balaban J connectivity index is 2.04. The number of alkyl halides is 1. The van der Waals surface area contributed by atoms with Gasteiger partial charge in [0, 0.05) is 29.4 Å². The summed E-state index contributed by atoms with van der Waals surface area (Å²) in [4.78, 5) is 24.7. The van der Waals surface area contributed by atoms with E-state index in [2.05, 4.69) is 6.58 Å². The van der Waals surface area contributed by atoms with Crippen LogP contribution in [-0.2, 0) is 19.1 Å². The van der Waals surface area contributed by atoms with Gasteiger partial charge in [0.2, 0.25) is 0 Å². The lowest BCUT2D eigenvalue weighted by atomic mass is 9.75. The summed E-state index contributed by atoms with van der Waals surface area (Å²) in [5.74, 6) is -3.29. The van der Waals surface area contributed by atoms with Gasteiger partial charge in [0.25, 0.3) is 0 Å². The highest BCUT2D eigenvalue weighted by atomic mass is 35.5. The maximum atomic E-state index is 12.4. The van der Waals surface area contributed by atoms with Gasteiger partial charge in [0.1, 0.15) is 12.2 Å². The fraction of sp³-hybridized carbons (Fsp3) is 0.600. The topological polar surface area (TPSA) is 113 Å². The largest absolute Gasteiger partial charge is 0.458 e. The lowest BCUT2D eigenvalue weighted by molar-refractivity contribution is -0.150. The highest BCUT2D eigenvalue weighted by Gasteiger charge is 2.62. The molecular formula is C20H25ClO7. The molecule has 0 aromatic rings. The van der Waals surface area contributed by atoms with Crippen LogP contribution in [0.1, 0.15) is 20.3 Å². The molecule has 7 nitrogen and oxygen atoms in total. The highest BCUT2D eigenvalue weighted by molar-refractivity contribution is 6.18. The quantitative estimate of drug-likeness (QED) is 0.271. The fourth-order valence-corrected chi connectivity index (χ4v) is 5.04. The summed E-state index contributed by atoms with van der Waals surface area (Å²) < 4.78 is 11.2. The van der Waals surface area contributed by atoms with Crippen molar-refractivity contribution < 1.29 is 34.4 Å². The monoisotopic (exact) mass is 412 g/mol. The standard InChI is InChI=1S/C20H25ClO7/c1-9(4-5-22)18(24)27-13-7-20(26,8-21)16-12(23)6-10(2)14(16)17-15(13)11(3)19(25)28-17/h4,6,12-17,22-23,26H,3,5,7-8H2,1-2H3/b9-4+/t12-,13-,14+,15-,16-,17-,20+/m1/s1. The second-order valence-electron chi connectivity index (χ2n) is 7.83. The first-order valence-electron chi connectivity index (χ1n) is 9.17. The predicted octanol–water partition coefficient (Wildman–Crippen LogP) is 0.861. The van der Waals surface area contributed by atoms with Gasteiger partial charge >= 0.3 is 11.9 Å². The summed E-state index contributed by atoms with van der Waals surface area (Å²) >= 11 is 6.11. The number of rotatable bonds is 4. The number of hydrogen-bond acceptors (Lipinski definition) is 7. The molecule has 0 aromatic heterocycles. The number of esters is 2. The molecule has 8 heteroatoms. The zero-order valence-corrected chi connectivity index (χ0v) is 16.6. The lowest BCUT2D eigenvalue weighted by Gasteiger charge is -2.38. The zero-order valence-electron chi connectivity index (χ0n) is 15.8. The van der Waals surface area contributed by atoms with Crippen LogP contribution in [0.4, 0.5) is 0 Å². The molecule has 2 fully saturated rings. The van der Waals surface area contributed by atoms with Crippen LogP contribution in [0.2, 0.25) is 0 Å². The van der Waals surface area contributed by atoms with Crippen LogP contribution in [-0.4, -0.2) is 63.7 Å². The Kier molecular flexibility index (Phi) is 5.74. The van der Waals surface area contributed by atoms with Gasteiger partial charge in [-0.2, -0.15) is 0 Å². The van der Waals surface area contributed by atoms with E-state index in [1.807, 2.05) is 0 Å². The number of carbonyl (C=O) groups is 2. The molecule has 0 spiro atoms. The average Bonchev–Trinajstić information content (AvgIpc) is 3.05. The molecule has 154 valence electrons. The van der Waals surface area contributed by atoms with Crippen molar-refractivity contribution in [2.45, 2.75) is 44.2 Å². The summed E-state index contributed by atoms with van der Waals surface area (Å²) in [6, 6.07) is 0. The molecule has 1 saturated carbocycles. The van der Waals surface area contributed by atoms with Crippen LogP contribution < -0.4 is 0 Å². The van der Waals surface area contributed by atoms with E-state index in [4.69, 9.17) is 26.2 Å². The van der Waals surface area contributed by atoms with Gasteiger partial charge < -0.3 is 24.8 Å². The highest BCUT2D eigenvalue weighted by Crippen LogP contribution is 2.53. The molecule has 3 N–H and O–H groups in total. The number of fused-ring (bicyclic) bond motifs is 3. The van der Waals surface area contributed by atoms with Crippen molar-refractivity contribution in [3.05, 3.63) is 35.5 Å². The molecule has 0 aromatic carbocycles. The molecule has 0 amide bonds. The Morgan fingerprint density at radius 3 is 2.79 bits per heavy atom. The fourth-order valence-electron chi connectivity index (χ4n) is 4.76. The number of aliphatic hydroxyl groups excluding tert-OH is 2. The van der Waals surface area contributed by atoms with E-state index in [1.54, 1.807) is 13.0 Å². The summed E-state index contributed by atoms with van der Waals surface area (Å²) in [6.45, 7) is 6.79.